The summed E-state index contributed by atoms with van der Waals surface area (Å²) in [5.74, 6) is 0.943. The molecule has 1 aromatic rings. The fraction of sp³-hybridized carbons (Fsp3) is 0.556. The van der Waals surface area contributed by atoms with Crippen molar-refractivity contribution >= 4 is 11.8 Å². The van der Waals surface area contributed by atoms with Crippen molar-refractivity contribution in [1.29, 1.82) is 0 Å². The minimum Gasteiger partial charge on any atom is -0.497 e. The molecule has 3 rings (SSSR count). The molecule has 0 radical (unpaired) electrons. The van der Waals surface area contributed by atoms with Crippen LogP contribution in [0.25, 0.3) is 0 Å². The lowest BCUT2D eigenvalue weighted by molar-refractivity contribution is -0.138. The standard InChI is InChI=1S/C18H24N2O4/c1-23-12-11-19-16-9-10-20(15(16)7-8-17(19)21)18(22)13-3-5-14(24-2)6-4-13/h3-6,15-16H,7-12H2,1-2H3/t15-,16-/m1/s1. The first-order valence-electron chi connectivity index (χ1n) is 8.39. The third-order valence-corrected chi connectivity index (χ3v) is 5.02. The van der Waals surface area contributed by atoms with Crippen LogP contribution in [-0.2, 0) is 9.53 Å². The molecule has 2 fully saturated rings. The van der Waals surface area contributed by atoms with Crippen molar-refractivity contribution in [2.75, 3.05) is 33.9 Å². The predicted molar refractivity (Wildman–Crippen MR) is 89.0 cm³/mol. The highest BCUT2D eigenvalue weighted by molar-refractivity contribution is 5.95. The molecule has 2 amide bonds. The number of amides is 2. The van der Waals surface area contributed by atoms with E-state index in [-0.39, 0.29) is 23.9 Å². The first kappa shape index (κ1) is 16.8. The Morgan fingerprint density at radius 2 is 1.92 bits per heavy atom. The van der Waals surface area contributed by atoms with E-state index in [0.717, 1.165) is 18.6 Å². The number of hydrogen-bond acceptors (Lipinski definition) is 4. The van der Waals surface area contributed by atoms with Gasteiger partial charge in [0.15, 0.2) is 0 Å². The first-order chi connectivity index (χ1) is 11.7. The van der Waals surface area contributed by atoms with Crippen molar-refractivity contribution in [2.45, 2.75) is 31.3 Å². The monoisotopic (exact) mass is 332 g/mol. The zero-order valence-corrected chi connectivity index (χ0v) is 14.2. The van der Waals surface area contributed by atoms with Crippen LogP contribution in [0.15, 0.2) is 24.3 Å². The van der Waals surface area contributed by atoms with E-state index >= 15 is 0 Å². The Balaban J connectivity index is 1.73. The average Bonchev–Trinajstić information content (AvgIpc) is 3.04. The van der Waals surface area contributed by atoms with Crippen LogP contribution >= 0.6 is 0 Å². The van der Waals surface area contributed by atoms with E-state index in [1.54, 1.807) is 38.5 Å². The zero-order chi connectivity index (χ0) is 17.1. The maximum Gasteiger partial charge on any atom is 0.254 e. The number of nitrogens with zero attached hydrogens (tertiary/aromatic N) is 2. The molecule has 0 unspecified atom stereocenters. The van der Waals surface area contributed by atoms with Gasteiger partial charge in [-0.25, -0.2) is 0 Å². The quantitative estimate of drug-likeness (QED) is 0.821. The second kappa shape index (κ2) is 7.21. The van der Waals surface area contributed by atoms with Gasteiger partial charge in [-0.1, -0.05) is 0 Å². The number of rotatable bonds is 5. The molecule has 2 saturated heterocycles. The summed E-state index contributed by atoms with van der Waals surface area (Å²) in [7, 11) is 3.25. The molecule has 0 aromatic heterocycles. The van der Waals surface area contributed by atoms with Gasteiger partial charge in [0.2, 0.25) is 5.91 Å². The van der Waals surface area contributed by atoms with E-state index in [4.69, 9.17) is 9.47 Å². The molecule has 130 valence electrons. The molecular formula is C18H24N2O4. The average molecular weight is 332 g/mol. The SMILES string of the molecule is COCCN1C(=O)CC[C@@H]2[C@H]1CCN2C(=O)c1ccc(OC)cc1. The van der Waals surface area contributed by atoms with Gasteiger partial charge in [0, 0.05) is 32.2 Å². The molecule has 2 heterocycles. The number of carbonyl (C=O) groups is 2. The van der Waals surface area contributed by atoms with Crippen LogP contribution in [-0.4, -0.2) is 67.6 Å². The van der Waals surface area contributed by atoms with Gasteiger partial charge < -0.3 is 19.3 Å². The fourth-order valence-electron chi connectivity index (χ4n) is 3.78. The molecule has 0 spiro atoms. The lowest BCUT2D eigenvalue weighted by Crippen LogP contribution is -2.54. The molecule has 0 aliphatic carbocycles. The highest BCUT2D eigenvalue weighted by atomic mass is 16.5. The van der Waals surface area contributed by atoms with Gasteiger partial charge in [0.25, 0.3) is 5.91 Å². The highest BCUT2D eigenvalue weighted by Crippen LogP contribution is 2.32. The molecule has 6 nitrogen and oxygen atoms in total. The summed E-state index contributed by atoms with van der Waals surface area (Å²) in [6.07, 6.45) is 2.08. The Morgan fingerprint density at radius 3 is 2.58 bits per heavy atom. The van der Waals surface area contributed by atoms with Gasteiger partial charge in [-0.3, -0.25) is 9.59 Å². The van der Waals surface area contributed by atoms with E-state index in [1.807, 2.05) is 9.80 Å². The largest absolute Gasteiger partial charge is 0.497 e. The van der Waals surface area contributed by atoms with Gasteiger partial charge in [-0.05, 0) is 37.1 Å². The lowest BCUT2D eigenvalue weighted by Gasteiger charge is -2.39. The molecule has 2 atom stereocenters. The first-order valence-corrected chi connectivity index (χ1v) is 8.39. The Kier molecular flexibility index (Phi) is 5.04. The third-order valence-electron chi connectivity index (χ3n) is 5.02. The van der Waals surface area contributed by atoms with Crippen molar-refractivity contribution in [2.24, 2.45) is 0 Å². The van der Waals surface area contributed by atoms with E-state index in [2.05, 4.69) is 0 Å². The maximum absolute atomic E-state index is 12.9. The Hall–Kier alpha value is -2.08. The topological polar surface area (TPSA) is 59.1 Å². The van der Waals surface area contributed by atoms with Crippen LogP contribution in [0.5, 0.6) is 5.75 Å². The third kappa shape index (κ3) is 3.11. The van der Waals surface area contributed by atoms with Gasteiger partial charge in [0.05, 0.1) is 25.8 Å². The molecule has 0 N–H and O–H groups in total. The zero-order valence-electron chi connectivity index (χ0n) is 14.2. The summed E-state index contributed by atoms with van der Waals surface area (Å²) in [5.41, 5.74) is 0.664. The second-order valence-electron chi connectivity index (χ2n) is 6.27. The Morgan fingerprint density at radius 1 is 1.17 bits per heavy atom. The predicted octanol–water partition coefficient (Wildman–Crippen LogP) is 1.55. The summed E-state index contributed by atoms with van der Waals surface area (Å²) < 4.78 is 10.3. The van der Waals surface area contributed by atoms with Crippen LogP contribution in [0.4, 0.5) is 0 Å². The van der Waals surface area contributed by atoms with Crippen LogP contribution in [0.3, 0.4) is 0 Å². The molecular weight excluding hydrogens is 308 g/mol. The smallest absolute Gasteiger partial charge is 0.254 e. The van der Waals surface area contributed by atoms with Crippen LogP contribution in [0.2, 0.25) is 0 Å². The molecule has 0 bridgehead atoms. The molecule has 1 aromatic carbocycles. The molecule has 24 heavy (non-hydrogen) atoms. The van der Waals surface area contributed by atoms with E-state index < -0.39 is 0 Å². The number of carbonyl (C=O) groups excluding carboxylic acids is 2. The maximum atomic E-state index is 12.9. The lowest BCUT2D eigenvalue weighted by atomic mass is 9.96. The molecule has 2 aliphatic heterocycles. The normalized spacial score (nSPS) is 23.3. The van der Waals surface area contributed by atoms with E-state index in [1.165, 1.54) is 0 Å². The Labute approximate surface area is 142 Å². The number of fused-ring (bicyclic) bond motifs is 1. The summed E-state index contributed by atoms with van der Waals surface area (Å²) in [6.45, 7) is 1.82. The van der Waals surface area contributed by atoms with E-state index in [0.29, 0.717) is 31.7 Å². The van der Waals surface area contributed by atoms with Crippen LogP contribution < -0.4 is 4.74 Å². The number of likely N-dealkylation sites (tertiary alicyclic amines) is 2. The molecule has 2 aliphatic rings. The minimum absolute atomic E-state index is 0.0335. The number of benzene rings is 1. The Bertz CT molecular complexity index is 602. The number of ether oxygens (including phenoxy) is 2. The number of piperidine rings is 1. The molecule has 0 saturated carbocycles. The molecule has 6 heteroatoms. The van der Waals surface area contributed by atoms with Crippen molar-refractivity contribution in [3.63, 3.8) is 0 Å². The van der Waals surface area contributed by atoms with Gasteiger partial charge in [-0.2, -0.15) is 0 Å². The van der Waals surface area contributed by atoms with Gasteiger partial charge in [0.1, 0.15) is 5.75 Å². The number of hydrogen-bond donors (Lipinski definition) is 0. The van der Waals surface area contributed by atoms with Crippen molar-refractivity contribution in [1.82, 2.24) is 9.80 Å². The summed E-state index contributed by atoms with van der Waals surface area (Å²) in [4.78, 5) is 28.9. The van der Waals surface area contributed by atoms with Crippen molar-refractivity contribution < 1.29 is 19.1 Å². The van der Waals surface area contributed by atoms with Crippen LogP contribution in [0, 0.1) is 0 Å². The van der Waals surface area contributed by atoms with Gasteiger partial charge >= 0.3 is 0 Å². The fourth-order valence-corrected chi connectivity index (χ4v) is 3.78. The van der Waals surface area contributed by atoms with Gasteiger partial charge in [-0.15, -0.1) is 0 Å². The minimum atomic E-state index is 0.0335. The number of methoxy groups -OCH3 is 2. The van der Waals surface area contributed by atoms with Crippen molar-refractivity contribution in [3.8, 4) is 5.75 Å². The summed E-state index contributed by atoms with van der Waals surface area (Å²) in [6, 6.07) is 7.42. The summed E-state index contributed by atoms with van der Waals surface area (Å²) >= 11 is 0. The highest BCUT2D eigenvalue weighted by Gasteiger charge is 2.44. The van der Waals surface area contributed by atoms with Crippen molar-refractivity contribution in [3.05, 3.63) is 29.8 Å². The van der Waals surface area contributed by atoms with Crippen LogP contribution in [0.1, 0.15) is 29.6 Å². The second-order valence-corrected chi connectivity index (χ2v) is 6.27. The summed E-state index contributed by atoms with van der Waals surface area (Å²) in [5, 5.41) is 0. The van der Waals surface area contributed by atoms with E-state index in [9.17, 15) is 9.59 Å².